The molecular formula is C22H26Cl2N6OS. The van der Waals surface area contributed by atoms with Crippen LogP contribution in [-0.2, 0) is 11.3 Å². The van der Waals surface area contributed by atoms with E-state index >= 15 is 0 Å². The summed E-state index contributed by atoms with van der Waals surface area (Å²) in [5.41, 5.74) is 1.74. The lowest BCUT2D eigenvalue weighted by Crippen LogP contribution is -2.23. The molecule has 7 nitrogen and oxygen atoms in total. The van der Waals surface area contributed by atoms with Crippen molar-refractivity contribution in [3.8, 4) is 0 Å². The van der Waals surface area contributed by atoms with E-state index in [9.17, 15) is 4.79 Å². The molecule has 1 aromatic carbocycles. The summed E-state index contributed by atoms with van der Waals surface area (Å²) < 4.78 is 2.08. The summed E-state index contributed by atoms with van der Waals surface area (Å²) in [6.45, 7) is 4.50. The highest BCUT2D eigenvalue weighted by molar-refractivity contribution is 7.99. The first kappa shape index (κ1) is 24.5. The van der Waals surface area contributed by atoms with Crippen LogP contribution < -0.4 is 5.32 Å². The summed E-state index contributed by atoms with van der Waals surface area (Å²) in [5.74, 6) is 1.08. The van der Waals surface area contributed by atoms with Crippen LogP contribution in [0.4, 0.5) is 5.82 Å². The second-order valence-electron chi connectivity index (χ2n) is 7.52. The molecule has 0 saturated heterocycles. The van der Waals surface area contributed by atoms with Crippen LogP contribution in [0, 0.1) is 6.92 Å². The number of hydrogen-bond acceptors (Lipinski definition) is 6. The van der Waals surface area contributed by atoms with Gasteiger partial charge in [0.25, 0.3) is 0 Å². The van der Waals surface area contributed by atoms with E-state index in [0.717, 1.165) is 17.8 Å². The molecule has 1 N–H and O–H groups in total. The van der Waals surface area contributed by atoms with Crippen molar-refractivity contribution in [2.75, 3.05) is 25.2 Å². The first-order chi connectivity index (χ1) is 15.3. The first-order valence-corrected chi connectivity index (χ1v) is 11.9. The van der Waals surface area contributed by atoms with Crippen molar-refractivity contribution in [3.05, 3.63) is 63.5 Å². The van der Waals surface area contributed by atoms with Crippen molar-refractivity contribution in [2.45, 2.75) is 38.0 Å². The molecule has 170 valence electrons. The fourth-order valence-electron chi connectivity index (χ4n) is 3.29. The summed E-state index contributed by atoms with van der Waals surface area (Å²) in [7, 11) is 4.06. The number of carbonyl (C=O) groups is 1. The number of nitrogens with one attached hydrogen (secondary N) is 1. The van der Waals surface area contributed by atoms with Crippen LogP contribution in [0.3, 0.4) is 0 Å². The zero-order chi connectivity index (χ0) is 23.3. The van der Waals surface area contributed by atoms with Gasteiger partial charge in [-0.2, -0.15) is 0 Å². The zero-order valence-corrected chi connectivity index (χ0v) is 20.8. The summed E-state index contributed by atoms with van der Waals surface area (Å²) in [6.07, 6.45) is 0.894. The van der Waals surface area contributed by atoms with E-state index in [4.69, 9.17) is 23.2 Å². The number of aromatic nitrogens is 4. The standard InChI is InChI=1S/C22H26Cl2N6OS/c1-5-18(29(3)4)21-27-28-22(30(21)12-15-9-7-6-8-10-15)32-13-19(31)26-20-17(24)11-16(23)14(2)25-20/h6-11,18H,5,12-13H2,1-4H3,(H,25,26,31)/t18-/m1/s1. The molecule has 3 rings (SSSR count). The lowest BCUT2D eigenvalue weighted by Gasteiger charge is -2.23. The topological polar surface area (TPSA) is 75.9 Å². The Balaban J connectivity index is 1.79. The van der Waals surface area contributed by atoms with Crippen LogP contribution in [0.2, 0.25) is 10.0 Å². The Morgan fingerprint density at radius 2 is 1.91 bits per heavy atom. The van der Waals surface area contributed by atoms with Gasteiger partial charge in [-0.15, -0.1) is 10.2 Å². The highest BCUT2D eigenvalue weighted by atomic mass is 35.5. The molecule has 0 fully saturated rings. The predicted octanol–water partition coefficient (Wildman–Crippen LogP) is 5.08. The zero-order valence-electron chi connectivity index (χ0n) is 18.5. The van der Waals surface area contributed by atoms with Gasteiger partial charge in [-0.1, -0.05) is 72.2 Å². The lowest BCUT2D eigenvalue weighted by molar-refractivity contribution is -0.113. The fraction of sp³-hybridized carbons (Fsp3) is 0.364. The third-order valence-corrected chi connectivity index (χ3v) is 6.57. The van der Waals surface area contributed by atoms with Gasteiger partial charge < -0.3 is 9.88 Å². The Hall–Kier alpha value is -2.13. The van der Waals surface area contributed by atoms with Gasteiger partial charge in [0, 0.05) is 0 Å². The minimum atomic E-state index is -0.235. The second kappa shape index (κ2) is 11.1. The van der Waals surface area contributed by atoms with Crippen LogP contribution in [0.1, 0.15) is 36.5 Å². The number of amides is 1. The molecule has 32 heavy (non-hydrogen) atoms. The van der Waals surface area contributed by atoms with Crippen LogP contribution in [-0.4, -0.2) is 50.4 Å². The molecule has 0 spiro atoms. The maximum atomic E-state index is 12.6. The van der Waals surface area contributed by atoms with Crippen molar-refractivity contribution in [1.82, 2.24) is 24.6 Å². The number of anilines is 1. The van der Waals surface area contributed by atoms with Gasteiger partial charge in [-0.25, -0.2) is 4.98 Å². The van der Waals surface area contributed by atoms with Gasteiger partial charge >= 0.3 is 0 Å². The molecule has 1 atom stereocenters. The van der Waals surface area contributed by atoms with Gasteiger partial charge in [-0.05, 0) is 39.1 Å². The van der Waals surface area contributed by atoms with Crippen LogP contribution in [0.5, 0.6) is 0 Å². The minimum Gasteiger partial charge on any atom is -0.309 e. The number of benzene rings is 1. The average Bonchev–Trinajstić information content (AvgIpc) is 3.13. The number of nitrogens with zero attached hydrogens (tertiary/aromatic N) is 5. The molecule has 0 aliphatic carbocycles. The van der Waals surface area contributed by atoms with Crippen molar-refractivity contribution in [3.63, 3.8) is 0 Å². The Kier molecular flexibility index (Phi) is 8.53. The number of carbonyl (C=O) groups excluding carboxylic acids is 1. The average molecular weight is 493 g/mol. The Bertz CT molecular complexity index is 1070. The highest BCUT2D eigenvalue weighted by Crippen LogP contribution is 2.28. The van der Waals surface area contributed by atoms with Crippen molar-refractivity contribution < 1.29 is 4.79 Å². The Labute approximate surface area is 202 Å². The summed E-state index contributed by atoms with van der Waals surface area (Å²) in [5, 5.41) is 13.1. The smallest absolute Gasteiger partial charge is 0.236 e. The quantitative estimate of drug-likeness (QED) is 0.419. The van der Waals surface area contributed by atoms with Crippen molar-refractivity contribution in [2.24, 2.45) is 0 Å². The second-order valence-corrected chi connectivity index (χ2v) is 9.28. The maximum Gasteiger partial charge on any atom is 0.236 e. The van der Waals surface area contributed by atoms with Gasteiger partial charge in [0.15, 0.2) is 16.8 Å². The molecule has 0 aliphatic rings. The molecule has 10 heteroatoms. The molecule has 2 aromatic heterocycles. The van der Waals surface area contributed by atoms with Crippen molar-refractivity contribution >= 4 is 46.7 Å². The number of hydrogen-bond donors (Lipinski definition) is 1. The van der Waals surface area contributed by atoms with E-state index in [1.165, 1.54) is 11.8 Å². The molecule has 0 radical (unpaired) electrons. The molecular weight excluding hydrogens is 467 g/mol. The van der Waals surface area contributed by atoms with E-state index < -0.39 is 0 Å². The third kappa shape index (κ3) is 6.01. The summed E-state index contributed by atoms with van der Waals surface area (Å²) in [6, 6.07) is 11.8. The van der Waals surface area contributed by atoms with Gasteiger partial charge in [0.2, 0.25) is 5.91 Å². The van der Waals surface area contributed by atoms with E-state index in [1.807, 2.05) is 32.3 Å². The minimum absolute atomic E-state index is 0.120. The molecule has 0 bridgehead atoms. The van der Waals surface area contributed by atoms with Gasteiger partial charge in [-0.3, -0.25) is 9.69 Å². The first-order valence-electron chi connectivity index (χ1n) is 10.2. The molecule has 2 heterocycles. The fourth-order valence-corrected chi connectivity index (χ4v) is 4.44. The van der Waals surface area contributed by atoms with Gasteiger partial charge in [0.05, 0.1) is 34.1 Å². The predicted molar refractivity (Wildman–Crippen MR) is 131 cm³/mol. The van der Waals surface area contributed by atoms with E-state index in [2.05, 4.69) is 49.0 Å². The number of rotatable bonds is 9. The lowest BCUT2D eigenvalue weighted by atomic mass is 10.2. The van der Waals surface area contributed by atoms with E-state index in [0.29, 0.717) is 33.3 Å². The number of aryl methyl sites for hydroxylation is 1. The maximum absolute atomic E-state index is 12.6. The Morgan fingerprint density at radius 3 is 2.56 bits per heavy atom. The number of halogens is 2. The summed E-state index contributed by atoms with van der Waals surface area (Å²) in [4.78, 5) is 19.0. The normalized spacial score (nSPS) is 12.2. The Morgan fingerprint density at radius 1 is 1.19 bits per heavy atom. The van der Waals surface area contributed by atoms with Crippen LogP contribution in [0.25, 0.3) is 0 Å². The number of pyridine rings is 1. The van der Waals surface area contributed by atoms with Gasteiger partial charge in [0.1, 0.15) is 0 Å². The molecule has 3 aromatic rings. The van der Waals surface area contributed by atoms with Crippen LogP contribution >= 0.6 is 35.0 Å². The highest BCUT2D eigenvalue weighted by Gasteiger charge is 2.23. The molecule has 0 aliphatic heterocycles. The number of thioether (sulfide) groups is 1. The van der Waals surface area contributed by atoms with Crippen LogP contribution in [0.15, 0.2) is 41.6 Å². The molecule has 1 amide bonds. The summed E-state index contributed by atoms with van der Waals surface area (Å²) >= 11 is 13.5. The van der Waals surface area contributed by atoms with Crippen molar-refractivity contribution in [1.29, 1.82) is 0 Å². The van der Waals surface area contributed by atoms with E-state index in [1.54, 1.807) is 13.0 Å². The molecule has 0 saturated carbocycles. The monoisotopic (exact) mass is 492 g/mol. The third-order valence-electron chi connectivity index (χ3n) is 4.93. The van der Waals surface area contributed by atoms with E-state index in [-0.39, 0.29) is 17.7 Å². The SMILES string of the molecule is CC[C@H](c1nnc(SCC(=O)Nc2nc(C)c(Cl)cc2Cl)n1Cc1ccccc1)N(C)C. The largest absolute Gasteiger partial charge is 0.309 e. The molecule has 0 unspecified atom stereocenters.